The van der Waals surface area contributed by atoms with E-state index >= 15 is 0 Å². The van der Waals surface area contributed by atoms with Gasteiger partial charge in [-0.15, -0.1) is 11.3 Å². The number of nitrogens with zero attached hydrogens (tertiary/aromatic N) is 1. The molecule has 0 unspecified atom stereocenters. The van der Waals surface area contributed by atoms with Gasteiger partial charge in [0.05, 0.1) is 20.7 Å². The monoisotopic (exact) mass is 407 g/mol. The van der Waals surface area contributed by atoms with Crippen molar-refractivity contribution in [3.63, 3.8) is 0 Å². The van der Waals surface area contributed by atoms with Gasteiger partial charge in [0, 0.05) is 5.56 Å². The number of rotatable bonds is 5. The van der Waals surface area contributed by atoms with Gasteiger partial charge in [-0.25, -0.2) is 0 Å². The minimum Gasteiger partial charge on any atom is -0.293 e. The molecule has 8 heteroatoms. The molecular formula is C10H10Br2F3NOS. The van der Waals surface area contributed by atoms with E-state index < -0.39 is 12.7 Å². The predicted octanol–water partition coefficient (Wildman–Crippen LogP) is 4.34. The molecule has 0 saturated heterocycles. The SMILES string of the molecule is CCN(CC(=O)c1cc(Br)sc1Br)CC(F)(F)F. The maximum absolute atomic E-state index is 12.3. The lowest BCUT2D eigenvalue weighted by Gasteiger charge is -2.20. The Morgan fingerprint density at radius 1 is 1.44 bits per heavy atom. The van der Waals surface area contributed by atoms with Crippen LogP contribution in [0.4, 0.5) is 13.2 Å². The summed E-state index contributed by atoms with van der Waals surface area (Å²) in [5, 5.41) is 0. The van der Waals surface area contributed by atoms with Crippen molar-refractivity contribution in [1.82, 2.24) is 4.90 Å². The Morgan fingerprint density at radius 3 is 2.44 bits per heavy atom. The molecule has 2 nitrogen and oxygen atoms in total. The van der Waals surface area contributed by atoms with Crippen molar-refractivity contribution < 1.29 is 18.0 Å². The first-order valence-electron chi connectivity index (χ1n) is 5.00. The van der Waals surface area contributed by atoms with E-state index in [1.165, 1.54) is 11.3 Å². The Labute approximate surface area is 123 Å². The first kappa shape index (κ1) is 16.1. The smallest absolute Gasteiger partial charge is 0.293 e. The van der Waals surface area contributed by atoms with E-state index in [0.717, 1.165) is 8.69 Å². The van der Waals surface area contributed by atoms with Crippen LogP contribution in [0.1, 0.15) is 17.3 Å². The van der Waals surface area contributed by atoms with Crippen molar-refractivity contribution in [2.75, 3.05) is 19.6 Å². The van der Waals surface area contributed by atoms with Gasteiger partial charge in [0.1, 0.15) is 0 Å². The number of likely N-dealkylation sites (N-methyl/N-ethyl adjacent to an activating group) is 1. The average Bonchev–Trinajstić information content (AvgIpc) is 2.54. The number of thiophene rings is 1. The molecule has 1 rings (SSSR count). The van der Waals surface area contributed by atoms with Crippen LogP contribution in [0, 0.1) is 0 Å². The molecule has 1 aromatic rings. The quantitative estimate of drug-likeness (QED) is 0.675. The molecule has 102 valence electrons. The molecule has 18 heavy (non-hydrogen) atoms. The van der Waals surface area contributed by atoms with Gasteiger partial charge in [-0.3, -0.25) is 9.69 Å². The van der Waals surface area contributed by atoms with Crippen LogP contribution in [0.15, 0.2) is 13.6 Å². The molecule has 0 amide bonds. The normalized spacial score (nSPS) is 12.2. The lowest BCUT2D eigenvalue weighted by atomic mass is 10.2. The van der Waals surface area contributed by atoms with Crippen LogP contribution in [0.25, 0.3) is 0 Å². The predicted molar refractivity (Wildman–Crippen MR) is 72.2 cm³/mol. The molecule has 0 aliphatic carbocycles. The fourth-order valence-corrected chi connectivity index (χ4v) is 4.21. The van der Waals surface area contributed by atoms with E-state index in [4.69, 9.17) is 0 Å². The molecule has 0 radical (unpaired) electrons. The zero-order valence-corrected chi connectivity index (χ0v) is 13.3. The summed E-state index contributed by atoms with van der Waals surface area (Å²) >= 11 is 7.76. The fourth-order valence-electron chi connectivity index (χ4n) is 1.35. The maximum atomic E-state index is 12.3. The van der Waals surface area contributed by atoms with Gasteiger partial charge in [-0.2, -0.15) is 13.2 Å². The van der Waals surface area contributed by atoms with Crippen LogP contribution < -0.4 is 0 Å². The zero-order valence-electron chi connectivity index (χ0n) is 9.35. The molecule has 1 heterocycles. The second-order valence-corrected chi connectivity index (χ2v) is 7.33. The number of carbonyl (C=O) groups excluding carboxylic acids is 1. The molecule has 0 fully saturated rings. The largest absolute Gasteiger partial charge is 0.401 e. The first-order chi connectivity index (χ1) is 8.23. The van der Waals surface area contributed by atoms with Gasteiger partial charge in [0.2, 0.25) is 0 Å². The van der Waals surface area contributed by atoms with Crippen LogP contribution in [0.3, 0.4) is 0 Å². The highest BCUT2D eigenvalue weighted by molar-refractivity contribution is 9.12. The molecule has 0 saturated carbocycles. The highest BCUT2D eigenvalue weighted by atomic mass is 79.9. The summed E-state index contributed by atoms with van der Waals surface area (Å²) in [5.41, 5.74) is 0.410. The number of hydrogen-bond donors (Lipinski definition) is 0. The summed E-state index contributed by atoms with van der Waals surface area (Å²) in [6.07, 6.45) is -4.29. The highest BCUT2D eigenvalue weighted by Gasteiger charge is 2.31. The third-order valence-corrected chi connectivity index (χ3v) is 4.51. The number of hydrogen-bond acceptors (Lipinski definition) is 3. The molecule has 1 aromatic heterocycles. The van der Waals surface area contributed by atoms with E-state index in [2.05, 4.69) is 31.9 Å². The van der Waals surface area contributed by atoms with E-state index in [9.17, 15) is 18.0 Å². The molecular weight excluding hydrogens is 399 g/mol. The summed E-state index contributed by atoms with van der Waals surface area (Å²) in [6, 6.07) is 1.61. The summed E-state index contributed by atoms with van der Waals surface area (Å²) < 4.78 is 38.2. The van der Waals surface area contributed by atoms with Crippen LogP contribution in [0.5, 0.6) is 0 Å². The third-order valence-electron chi connectivity index (χ3n) is 2.17. The minimum absolute atomic E-state index is 0.175. The van der Waals surface area contributed by atoms with E-state index in [1.54, 1.807) is 13.0 Å². The second kappa shape index (κ2) is 6.49. The number of halogens is 5. The van der Waals surface area contributed by atoms with Crippen molar-refractivity contribution in [2.45, 2.75) is 13.1 Å². The molecule has 0 aliphatic heterocycles. The minimum atomic E-state index is -4.29. The van der Waals surface area contributed by atoms with E-state index in [1.807, 2.05) is 0 Å². The van der Waals surface area contributed by atoms with Gasteiger partial charge >= 0.3 is 6.18 Å². The summed E-state index contributed by atoms with van der Waals surface area (Å²) in [4.78, 5) is 13.0. The summed E-state index contributed by atoms with van der Waals surface area (Å²) in [7, 11) is 0. The van der Waals surface area contributed by atoms with Crippen molar-refractivity contribution in [3.8, 4) is 0 Å². The number of Topliss-reactive ketones (excluding diaryl/α,β-unsaturated/α-hetero) is 1. The lowest BCUT2D eigenvalue weighted by Crippen LogP contribution is -2.37. The van der Waals surface area contributed by atoms with Crippen LogP contribution >= 0.6 is 43.2 Å². The molecule has 0 aliphatic rings. The van der Waals surface area contributed by atoms with E-state index in [0.29, 0.717) is 9.35 Å². The van der Waals surface area contributed by atoms with Gasteiger partial charge in [-0.05, 0) is 44.5 Å². The van der Waals surface area contributed by atoms with Gasteiger partial charge in [0.15, 0.2) is 5.78 Å². The number of carbonyl (C=O) groups is 1. The molecule has 0 atom stereocenters. The first-order valence-corrected chi connectivity index (χ1v) is 7.40. The third kappa shape index (κ3) is 4.99. The molecule has 0 bridgehead atoms. The van der Waals surface area contributed by atoms with Crippen molar-refractivity contribution >= 4 is 49.0 Å². The standard InChI is InChI=1S/C10H10Br2F3NOS/c1-2-16(5-10(13,14)15)4-7(17)6-3-8(11)18-9(6)12/h3H,2,4-5H2,1H3. The average molecular weight is 409 g/mol. The van der Waals surface area contributed by atoms with Crippen LogP contribution in [-0.2, 0) is 0 Å². The molecule has 0 aromatic carbocycles. The summed E-state index contributed by atoms with van der Waals surface area (Å²) in [5.74, 6) is -0.324. The number of ketones is 1. The second-order valence-electron chi connectivity index (χ2n) is 3.58. The fraction of sp³-hybridized carbons (Fsp3) is 0.500. The van der Waals surface area contributed by atoms with Crippen LogP contribution in [-0.4, -0.2) is 36.5 Å². The Hall–Kier alpha value is 0.0800. The van der Waals surface area contributed by atoms with Gasteiger partial charge in [0.25, 0.3) is 0 Å². The Morgan fingerprint density at radius 2 is 2.06 bits per heavy atom. The topological polar surface area (TPSA) is 20.3 Å². The highest BCUT2D eigenvalue weighted by Crippen LogP contribution is 2.32. The van der Waals surface area contributed by atoms with Gasteiger partial charge < -0.3 is 0 Å². The Bertz CT molecular complexity index is 433. The van der Waals surface area contributed by atoms with Crippen molar-refractivity contribution in [1.29, 1.82) is 0 Å². The Kier molecular flexibility index (Phi) is 5.82. The van der Waals surface area contributed by atoms with Crippen molar-refractivity contribution in [2.24, 2.45) is 0 Å². The maximum Gasteiger partial charge on any atom is 0.401 e. The molecule has 0 spiro atoms. The van der Waals surface area contributed by atoms with Gasteiger partial charge in [-0.1, -0.05) is 6.92 Å². The van der Waals surface area contributed by atoms with Crippen LogP contribution in [0.2, 0.25) is 0 Å². The lowest BCUT2D eigenvalue weighted by molar-refractivity contribution is -0.144. The zero-order chi connectivity index (χ0) is 13.9. The molecule has 0 N–H and O–H groups in total. The van der Waals surface area contributed by atoms with Crippen molar-refractivity contribution in [3.05, 3.63) is 19.2 Å². The van der Waals surface area contributed by atoms with E-state index in [-0.39, 0.29) is 18.9 Å². The Balaban J connectivity index is 2.71. The summed E-state index contributed by atoms with van der Waals surface area (Å²) in [6.45, 7) is 0.460. The number of alkyl halides is 3.